The quantitative estimate of drug-likeness (QED) is 0.556. The zero-order chi connectivity index (χ0) is 16.1. The molecule has 0 aromatic heterocycles. The lowest BCUT2D eigenvalue weighted by atomic mass is 10.0. The van der Waals surface area contributed by atoms with Crippen LogP contribution in [0.1, 0.15) is 39.0 Å². The summed E-state index contributed by atoms with van der Waals surface area (Å²) in [6.45, 7) is 10.8. The molecule has 6 nitrogen and oxygen atoms in total. The molecular weight excluding hydrogens is 280 g/mol. The summed E-state index contributed by atoms with van der Waals surface area (Å²) in [6, 6.07) is -0.363. The Labute approximate surface area is 132 Å². The van der Waals surface area contributed by atoms with E-state index < -0.39 is 6.04 Å². The second-order valence-electron chi connectivity index (χ2n) is 5.88. The lowest BCUT2D eigenvalue weighted by molar-refractivity contribution is -0.126. The fourth-order valence-corrected chi connectivity index (χ4v) is 2.63. The fraction of sp³-hybridized carbons (Fsp3) is 0.625. The van der Waals surface area contributed by atoms with E-state index in [2.05, 4.69) is 30.7 Å². The Morgan fingerprint density at radius 3 is 2.73 bits per heavy atom. The third kappa shape index (κ3) is 3.88. The summed E-state index contributed by atoms with van der Waals surface area (Å²) in [4.78, 5) is 28.3. The monoisotopic (exact) mass is 306 g/mol. The standard InChI is InChI=1S/C16H26N4O2/c1-4-10-17-11-20(14-9-6-12(3)18-15(14)21)16(22)19(5-2)13-7-8-13/h5,13-14,17H,2-4,6-11H2,1H3,(H,18,21). The van der Waals surface area contributed by atoms with Crippen LogP contribution in [-0.4, -0.2) is 47.0 Å². The van der Waals surface area contributed by atoms with Crippen molar-refractivity contribution in [2.24, 2.45) is 0 Å². The largest absolute Gasteiger partial charge is 0.329 e. The Morgan fingerprint density at radius 1 is 1.45 bits per heavy atom. The summed E-state index contributed by atoms with van der Waals surface area (Å²) in [5.74, 6) is -0.150. The number of piperidine rings is 1. The maximum absolute atomic E-state index is 12.8. The number of hydrogen-bond donors (Lipinski definition) is 2. The van der Waals surface area contributed by atoms with Gasteiger partial charge in [0.25, 0.3) is 0 Å². The van der Waals surface area contributed by atoms with Gasteiger partial charge in [-0.15, -0.1) is 0 Å². The molecule has 6 heteroatoms. The Kier molecular flexibility index (Phi) is 5.60. The van der Waals surface area contributed by atoms with Gasteiger partial charge in [0, 0.05) is 17.9 Å². The maximum atomic E-state index is 12.8. The van der Waals surface area contributed by atoms with Gasteiger partial charge in [0.1, 0.15) is 6.04 Å². The van der Waals surface area contributed by atoms with E-state index in [1.54, 1.807) is 16.0 Å². The second kappa shape index (κ2) is 7.45. The van der Waals surface area contributed by atoms with Crippen LogP contribution in [0.15, 0.2) is 25.1 Å². The molecule has 1 saturated carbocycles. The summed E-state index contributed by atoms with van der Waals surface area (Å²) in [5.41, 5.74) is 0.720. The Balaban J connectivity index is 2.10. The molecule has 0 aromatic rings. The highest BCUT2D eigenvalue weighted by Crippen LogP contribution is 2.29. The van der Waals surface area contributed by atoms with E-state index in [1.807, 2.05) is 0 Å². The van der Waals surface area contributed by atoms with Gasteiger partial charge in [0.05, 0.1) is 6.67 Å². The zero-order valence-electron chi connectivity index (χ0n) is 13.3. The SMILES string of the molecule is C=CN(C(=O)N(CNCCC)C1CCC(=C)NC1=O)C1CC1. The molecule has 2 fully saturated rings. The third-order valence-corrected chi connectivity index (χ3v) is 4.01. The minimum atomic E-state index is -0.455. The Hall–Kier alpha value is -1.82. The van der Waals surface area contributed by atoms with Gasteiger partial charge in [-0.1, -0.05) is 20.1 Å². The summed E-state index contributed by atoms with van der Waals surface area (Å²) >= 11 is 0. The number of nitrogens with one attached hydrogen (secondary N) is 2. The molecule has 0 bridgehead atoms. The first-order valence-electron chi connectivity index (χ1n) is 7.99. The normalized spacial score (nSPS) is 21.2. The van der Waals surface area contributed by atoms with Gasteiger partial charge in [-0.25, -0.2) is 4.79 Å². The van der Waals surface area contributed by atoms with Crippen LogP contribution in [0.3, 0.4) is 0 Å². The lowest BCUT2D eigenvalue weighted by Gasteiger charge is -2.36. The predicted molar refractivity (Wildman–Crippen MR) is 85.8 cm³/mol. The van der Waals surface area contributed by atoms with Gasteiger partial charge < -0.3 is 5.32 Å². The Bertz CT molecular complexity index is 459. The highest BCUT2D eigenvalue weighted by molar-refractivity contribution is 5.89. The minimum absolute atomic E-state index is 0.145. The molecule has 1 saturated heterocycles. The lowest BCUT2D eigenvalue weighted by Crippen LogP contribution is -2.57. The van der Waals surface area contributed by atoms with E-state index in [0.717, 1.165) is 31.5 Å². The molecule has 2 rings (SSSR count). The van der Waals surface area contributed by atoms with Crippen molar-refractivity contribution >= 4 is 11.9 Å². The van der Waals surface area contributed by atoms with E-state index in [-0.39, 0.29) is 18.0 Å². The number of carbonyl (C=O) groups is 2. The number of carbonyl (C=O) groups excluding carboxylic acids is 2. The first-order valence-corrected chi connectivity index (χ1v) is 7.99. The molecule has 1 heterocycles. The number of hydrogen-bond acceptors (Lipinski definition) is 3. The molecule has 1 aliphatic heterocycles. The zero-order valence-corrected chi connectivity index (χ0v) is 13.3. The number of rotatable bonds is 7. The molecule has 0 spiro atoms. The van der Waals surface area contributed by atoms with Gasteiger partial charge in [0.15, 0.2) is 0 Å². The first kappa shape index (κ1) is 16.5. The van der Waals surface area contributed by atoms with Crippen molar-refractivity contribution in [3.8, 4) is 0 Å². The van der Waals surface area contributed by atoms with Gasteiger partial charge in [-0.05, 0) is 38.6 Å². The van der Waals surface area contributed by atoms with Gasteiger partial charge in [-0.2, -0.15) is 0 Å². The van der Waals surface area contributed by atoms with Gasteiger partial charge >= 0.3 is 6.03 Å². The van der Waals surface area contributed by atoms with Crippen molar-refractivity contribution in [1.29, 1.82) is 0 Å². The van der Waals surface area contributed by atoms with E-state index in [9.17, 15) is 9.59 Å². The molecular formula is C16H26N4O2. The maximum Gasteiger partial charge on any atom is 0.325 e. The van der Waals surface area contributed by atoms with Crippen molar-refractivity contribution < 1.29 is 9.59 Å². The second-order valence-corrected chi connectivity index (χ2v) is 5.88. The van der Waals surface area contributed by atoms with Crippen LogP contribution in [0.25, 0.3) is 0 Å². The first-order chi connectivity index (χ1) is 10.6. The van der Waals surface area contributed by atoms with Crippen molar-refractivity contribution in [3.63, 3.8) is 0 Å². The average Bonchev–Trinajstić information content (AvgIpc) is 3.30. The van der Waals surface area contributed by atoms with E-state index in [1.165, 1.54) is 0 Å². The molecule has 0 aromatic carbocycles. The predicted octanol–water partition coefficient (Wildman–Crippen LogP) is 1.77. The van der Waals surface area contributed by atoms with E-state index >= 15 is 0 Å². The van der Waals surface area contributed by atoms with Crippen molar-refractivity contribution in [2.45, 2.75) is 51.1 Å². The van der Waals surface area contributed by atoms with Crippen LogP contribution in [0.2, 0.25) is 0 Å². The van der Waals surface area contributed by atoms with Gasteiger partial charge in [-0.3, -0.25) is 19.9 Å². The smallest absolute Gasteiger partial charge is 0.325 e. The number of urea groups is 1. The van der Waals surface area contributed by atoms with E-state index in [0.29, 0.717) is 19.5 Å². The van der Waals surface area contributed by atoms with Crippen LogP contribution in [0.4, 0.5) is 4.79 Å². The van der Waals surface area contributed by atoms with Crippen molar-refractivity contribution in [1.82, 2.24) is 20.4 Å². The van der Waals surface area contributed by atoms with Crippen molar-refractivity contribution in [2.75, 3.05) is 13.2 Å². The molecule has 3 amide bonds. The Morgan fingerprint density at radius 2 is 2.18 bits per heavy atom. The number of amides is 3. The van der Waals surface area contributed by atoms with Crippen LogP contribution < -0.4 is 10.6 Å². The van der Waals surface area contributed by atoms with Crippen LogP contribution in [0.5, 0.6) is 0 Å². The summed E-state index contributed by atoms with van der Waals surface area (Å²) in [6.07, 6.45) is 5.87. The summed E-state index contributed by atoms with van der Waals surface area (Å²) in [7, 11) is 0. The summed E-state index contributed by atoms with van der Waals surface area (Å²) in [5, 5.41) is 5.98. The molecule has 2 N–H and O–H groups in total. The van der Waals surface area contributed by atoms with Crippen molar-refractivity contribution in [3.05, 3.63) is 25.1 Å². The molecule has 0 radical (unpaired) electrons. The number of allylic oxidation sites excluding steroid dienone is 1. The molecule has 1 aliphatic carbocycles. The third-order valence-electron chi connectivity index (χ3n) is 4.01. The highest BCUT2D eigenvalue weighted by atomic mass is 16.2. The molecule has 1 unspecified atom stereocenters. The van der Waals surface area contributed by atoms with Crippen LogP contribution in [-0.2, 0) is 4.79 Å². The molecule has 1 atom stereocenters. The number of nitrogens with zero attached hydrogens (tertiary/aromatic N) is 2. The highest BCUT2D eigenvalue weighted by Gasteiger charge is 2.38. The topological polar surface area (TPSA) is 64.7 Å². The molecule has 22 heavy (non-hydrogen) atoms. The van der Waals surface area contributed by atoms with Crippen LogP contribution >= 0.6 is 0 Å². The van der Waals surface area contributed by atoms with Gasteiger partial charge in [0.2, 0.25) is 5.91 Å². The molecule has 122 valence electrons. The minimum Gasteiger partial charge on any atom is -0.329 e. The van der Waals surface area contributed by atoms with Crippen LogP contribution in [0, 0.1) is 0 Å². The van der Waals surface area contributed by atoms with E-state index in [4.69, 9.17) is 0 Å². The summed E-state index contributed by atoms with van der Waals surface area (Å²) < 4.78 is 0. The average molecular weight is 306 g/mol. The molecule has 2 aliphatic rings. The fourth-order valence-electron chi connectivity index (χ4n) is 2.63.